The van der Waals surface area contributed by atoms with Crippen LogP contribution in [0.4, 0.5) is 11.5 Å². The van der Waals surface area contributed by atoms with Crippen LogP contribution < -0.4 is 14.8 Å². The standard InChI is InChI=1S/C17H12N4O2S/c1-5-18-17-20-15(11-4-7-24-9-11)16(21(17)6-1)19-12-2-3-13-14(8-12)23-10-22-13/h1-9,19H,10H2. The molecule has 7 heteroatoms. The van der Waals surface area contributed by atoms with Crippen LogP contribution >= 0.6 is 11.3 Å². The van der Waals surface area contributed by atoms with Crippen LogP contribution in [0.25, 0.3) is 17.0 Å². The summed E-state index contributed by atoms with van der Waals surface area (Å²) in [4.78, 5) is 9.01. The lowest BCUT2D eigenvalue weighted by molar-refractivity contribution is 0.174. The third-order valence-electron chi connectivity index (χ3n) is 3.83. The number of benzene rings is 1. The highest BCUT2D eigenvalue weighted by Gasteiger charge is 2.17. The highest BCUT2D eigenvalue weighted by molar-refractivity contribution is 7.08. The van der Waals surface area contributed by atoms with Gasteiger partial charge in [0.05, 0.1) is 0 Å². The number of hydrogen-bond donors (Lipinski definition) is 1. The summed E-state index contributed by atoms with van der Waals surface area (Å²) in [5.74, 6) is 3.03. The van der Waals surface area contributed by atoms with E-state index in [1.54, 1.807) is 17.5 Å². The summed E-state index contributed by atoms with van der Waals surface area (Å²) < 4.78 is 12.8. The Morgan fingerprint density at radius 2 is 2.12 bits per heavy atom. The van der Waals surface area contributed by atoms with E-state index in [1.165, 1.54) is 0 Å². The van der Waals surface area contributed by atoms with Gasteiger partial charge in [-0.1, -0.05) is 0 Å². The second-order valence-electron chi connectivity index (χ2n) is 5.30. The third-order valence-corrected chi connectivity index (χ3v) is 4.52. The van der Waals surface area contributed by atoms with Gasteiger partial charge in [-0.25, -0.2) is 9.97 Å². The molecule has 0 saturated heterocycles. The van der Waals surface area contributed by atoms with Crippen LogP contribution in [0, 0.1) is 0 Å². The lowest BCUT2D eigenvalue weighted by Gasteiger charge is -2.08. The molecule has 24 heavy (non-hydrogen) atoms. The number of imidazole rings is 1. The lowest BCUT2D eigenvalue weighted by atomic mass is 10.2. The highest BCUT2D eigenvalue weighted by Crippen LogP contribution is 2.37. The van der Waals surface area contributed by atoms with Crippen molar-refractivity contribution in [2.45, 2.75) is 0 Å². The molecule has 0 saturated carbocycles. The maximum Gasteiger partial charge on any atom is 0.235 e. The largest absolute Gasteiger partial charge is 0.454 e. The number of nitrogens with zero attached hydrogens (tertiary/aromatic N) is 3. The molecule has 4 aromatic rings. The first-order valence-electron chi connectivity index (χ1n) is 7.41. The molecule has 0 atom stereocenters. The van der Waals surface area contributed by atoms with Gasteiger partial charge in [0, 0.05) is 35.1 Å². The predicted octanol–water partition coefficient (Wildman–Crippen LogP) is 3.93. The Kier molecular flexibility index (Phi) is 2.92. The number of nitrogens with one attached hydrogen (secondary N) is 1. The minimum atomic E-state index is 0.262. The molecule has 1 aromatic carbocycles. The Morgan fingerprint density at radius 1 is 1.17 bits per heavy atom. The summed E-state index contributed by atoms with van der Waals surface area (Å²) in [7, 11) is 0. The summed E-state index contributed by atoms with van der Waals surface area (Å²) in [5.41, 5.74) is 2.84. The van der Waals surface area contributed by atoms with Crippen LogP contribution in [0.2, 0.25) is 0 Å². The number of anilines is 2. The third kappa shape index (κ3) is 2.10. The molecule has 118 valence electrons. The molecule has 1 N–H and O–H groups in total. The molecule has 3 aromatic heterocycles. The van der Waals surface area contributed by atoms with E-state index in [0.29, 0.717) is 5.78 Å². The van der Waals surface area contributed by atoms with E-state index in [0.717, 1.165) is 34.3 Å². The topological polar surface area (TPSA) is 60.7 Å². The van der Waals surface area contributed by atoms with E-state index in [4.69, 9.17) is 9.47 Å². The lowest BCUT2D eigenvalue weighted by Crippen LogP contribution is -1.97. The predicted molar refractivity (Wildman–Crippen MR) is 92.1 cm³/mol. The monoisotopic (exact) mass is 336 g/mol. The van der Waals surface area contributed by atoms with Crippen molar-refractivity contribution in [1.29, 1.82) is 0 Å². The van der Waals surface area contributed by atoms with Crippen molar-refractivity contribution in [1.82, 2.24) is 14.4 Å². The van der Waals surface area contributed by atoms with Crippen LogP contribution in [0.15, 0.2) is 53.5 Å². The fourth-order valence-corrected chi connectivity index (χ4v) is 3.36. The van der Waals surface area contributed by atoms with E-state index in [1.807, 2.05) is 40.2 Å². The Bertz CT molecular complexity index is 1030. The second-order valence-corrected chi connectivity index (χ2v) is 6.08. The van der Waals surface area contributed by atoms with Crippen molar-refractivity contribution >= 4 is 28.6 Å². The molecule has 4 heterocycles. The van der Waals surface area contributed by atoms with Gasteiger partial charge in [-0.15, -0.1) is 0 Å². The molecule has 6 nitrogen and oxygen atoms in total. The SMILES string of the molecule is c1cnc2nc(-c3ccsc3)c(Nc3ccc4c(c3)OCO4)n2c1. The maximum absolute atomic E-state index is 5.45. The van der Waals surface area contributed by atoms with Crippen LogP contribution in [-0.2, 0) is 0 Å². The molecule has 5 rings (SSSR count). The minimum absolute atomic E-state index is 0.262. The summed E-state index contributed by atoms with van der Waals surface area (Å²) >= 11 is 1.64. The number of thiophene rings is 1. The Morgan fingerprint density at radius 3 is 3.04 bits per heavy atom. The van der Waals surface area contributed by atoms with Gasteiger partial charge in [0.1, 0.15) is 11.5 Å². The fraction of sp³-hybridized carbons (Fsp3) is 0.0588. The quantitative estimate of drug-likeness (QED) is 0.614. The van der Waals surface area contributed by atoms with Crippen LogP contribution in [0.3, 0.4) is 0 Å². The molecule has 1 aliphatic rings. The van der Waals surface area contributed by atoms with E-state index in [9.17, 15) is 0 Å². The number of ether oxygens (including phenoxy) is 2. The van der Waals surface area contributed by atoms with E-state index in [2.05, 4.69) is 26.7 Å². The van der Waals surface area contributed by atoms with Crippen LogP contribution in [0.1, 0.15) is 0 Å². The first-order valence-corrected chi connectivity index (χ1v) is 8.35. The van der Waals surface area contributed by atoms with Gasteiger partial charge in [-0.05, 0) is 29.6 Å². The molecule has 0 bridgehead atoms. The zero-order valence-electron chi connectivity index (χ0n) is 12.5. The number of rotatable bonds is 3. The normalized spacial score (nSPS) is 12.7. The molecule has 0 unspecified atom stereocenters. The van der Waals surface area contributed by atoms with Crippen molar-refractivity contribution in [2.24, 2.45) is 0 Å². The van der Waals surface area contributed by atoms with Gasteiger partial charge in [0.25, 0.3) is 0 Å². The molecular formula is C17H12N4O2S. The number of fused-ring (bicyclic) bond motifs is 2. The van der Waals surface area contributed by atoms with Gasteiger partial charge in [0.2, 0.25) is 12.6 Å². The van der Waals surface area contributed by atoms with Gasteiger partial charge in [0.15, 0.2) is 11.5 Å². The van der Waals surface area contributed by atoms with Crippen molar-refractivity contribution in [2.75, 3.05) is 12.1 Å². The first kappa shape index (κ1) is 13.4. The average Bonchev–Trinajstić information content (AvgIpc) is 3.34. The second kappa shape index (κ2) is 5.24. The number of hydrogen-bond acceptors (Lipinski definition) is 6. The van der Waals surface area contributed by atoms with Crippen LogP contribution in [0.5, 0.6) is 11.5 Å². The van der Waals surface area contributed by atoms with Crippen LogP contribution in [-0.4, -0.2) is 21.2 Å². The fourth-order valence-electron chi connectivity index (χ4n) is 2.72. The molecule has 0 spiro atoms. The molecule has 0 aliphatic carbocycles. The van der Waals surface area contributed by atoms with Gasteiger partial charge < -0.3 is 14.8 Å². The average molecular weight is 336 g/mol. The Balaban J connectivity index is 1.64. The van der Waals surface area contributed by atoms with Crippen molar-refractivity contribution in [3.63, 3.8) is 0 Å². The van der Waals surface area contributed by atoms with Gasteiger partial charge in [-0.2, -0.15) is 11.3 Å². The molecule has 0 radical (unpaired) electrons. The summed E-state index contributed by atoms with van der Waals surface area (Å²) in [6.07, 6.45) is 3.69. The zero-order valence-corrected chi connectivity index (χ0v) is 13.3. The summed E-state index contributed by atoms with van der Waals surface area (Å²) in [6.45, 7) is 0.262. The van der Waals surface area contributed by atoms with E-state index < -0.39 is 0 Å². The van der Waals surface area contributed by atoms with Crippen molar-refractivity contribution in [3.8, 4) is 22.8 Å². The maximum atomic E-state index is 5.45. The van der Waals surface area contributed by atoms with E-state index in [-0.39, 0.29) is 6.79 Å². The summed E-state index contributed by atoms with van der Waals surface area (Å²) in [5, 5.41) is 7.56. The molecular weight excluding hydrogens is 324 g/mol. The Hall–Kier alpha value is -3.06. The molecule has 0 fully saturated rings. The highest BCUT2D eigenvalue weighted by atomic mass is 32.1. The smallest absolute Gasteiger partial charge is 0.235 e. The first-order chi connectivity index (χ1) is 11.9. The van der Waals surface area contributed by atoms with E-state index >= 15 is 0 Å². The minimum Gasteiger partial charge on any atom is -0.454 e. The van der Waals surface area contributed by atoms with Crippen molar-refractivity contribution in [3.05, 3.63) is 53.5 Å². The zero-order chi connectivity index (χ0) is 15.9. The molecule has 1 aliphatic heterocycles. The number of aromatic nitrogens is 3. The molecule has 0 amide bonds. The van der Waals surface area contributed by atoms with Gasteiger partial charge in [-0.3, -0.25) is 4.40 Å². The Labute approximate surface area is 141 Å². The van der Waals surface area contributed by atoms with Gasteiger partial charge >= 0.3 is 0 Å². The summed E-state index contributed by atoms with van der Waals surface area (Å²) in [6, 6.07) is 9.72. The van der Waals surface area contributed by atoms with Crippen molar-refractivity contribution < 1.29 is 9.47 Å².